The van der Waals surface area contributed by atoms with Crippen LogP contribution >= 0.6 is 15.9 Å². The van der Waals surface area contributed by atoms with Crippen LogP contribution in [-0.4, -0.2) is 10.1 Å². The molecule has 0 spiro atoms. The molecule has 3 aromatic rings. The Morgan fingerprint density at radius 3 is 1.88 bits per heavy atom. The highest BCUT2D eigenvalue weighted by atomic mass is 79.9. The summed E-state index contributed by atoms with van der Waals surface area (Å²) in [6, 6.07) is 23.3. The van der Waals surface area contributed by atoms with Gasteiger partial charge in [0.2, 0.25) is 5.88 Å². The standard InChI is InChI=1S/C12H10BrNO.C7H8O.CH4/c13-11-6-7-12(14-8-11)15-9-10-4-2-1-3-5-10;8-6-7-4-2-1-3-5-7;/h1-8H,9H2;1-5,8H,6H2;1H4. The minimum atomic E-state index is 0. The van der Waals surface area contributed by atoms with Crippen molar-refractivity contribution in [3.8, 4) is 5.88 Å². The molecule has 24 heavy (non-hydrogen) atoms. The molecular formula is C20H22BrNO2. The van der Waals surface area contributed by atoms with Gasteiger partial charge < -0.3 is 9.84 Å². The molecule has 0 unspecified atom stereocenters. The molecule has 1 aromatic heterocycles. The summed E-state index contributed by atoms with van der Waals surface area (Å²) in [5, 5.41) is 8.54. The lowest BCUT2D eigenvalue weighted by Gasteiger charge is -2.04. The van der Waals surface area contributed by atoms with Gasteiger partial charge in [-0.1, -0.05) is 68.1 Å². The van der Waals surface area contributed by atoms with Gasteiger partial charge in [-0.25, -0.2) is 4.98 Å². The van der Waals surface area contributed by atoms with E-state index in [-0.39, 0.29) is 14.0 Å². The zero-order valence-corrected chi connectivity index (χ0v) is 14.2. The largest absolute Gasteiger partial charge is 0.473 e. The van der Waals surface area contributed by atoms with Gasteiger partial charge in [0.1, 0.15) is 6.61 Å². The van der Waals surface area contributed by atoms with E-state index in [2.05, 4.69) is 20.9 Å². The highest BCUT2D eigenvalue weighted by Crippen LogP contribution is 2.13. The van der Waals surface area contributed by atoms with Gasteiger partial charge in [0.05, 0.1) is 6.61 Å². The Hall–Kier alpha value is -2.17. The van der Waals surface area contributed by atoms with Gasteiger partial charge in [0.15, 0.2) is 0 Å². The molecule has 0 bridgehead atoms. The van der Waals surface area contributed by atoms with E-state index in [4.69, 9.17) is 9.84 Å². The molecule has 0 saturated heterocycles. The van der Waals surface area contributed by atoms with E-state index in [1.807, 2.05) is 72.8 Å². The van der Waals surface area contributed by atoms with Crippen LogP contribution < -0.4 is 4.74 Å². The number of aliphatic hydroxyl groups is 1. The molecule has 0 saturated carbocycles. The van der Waals surface area contributed by atoms with Gasteiger partial charge in [-0.2, -0.15) is 0 Å². The van der Waals surface area contributed by atoms with Crippen molar-refractivity contribution in [3.63, 3.8) is 0 Å². The van der Waals surface area contributed by atoms with Gasteiger partial charge in [-0.15, -0.1) is 0 Å². The van der Waals surface area contributed by atoms with E-state index in [9.17, 15) is 0 Å². The monoisotopic (exact) mass is 387 g/mol. The summed E-state index contributed by atoms with van der Waals surface area (Å²) in [4.78, 5) is 4.12. The summed E-state index contributed by atoms with van der Waals surface area (Å²) < 4.78 is 6.47. The first-order valence-electron chi connectivity index (χ1n) is 7.21. The van der Waals surface area contributed by atoms with E-state index in [1.165, 1.54) is 0 Å². The van der Waals surface area contributed by atoms with Crippen LogP contribution in [0.15, 0.2) is 83.5 Å². The predicted molar refractivity (Wildman–Crippen MR) is 102 cm³/mol. The van der Waals surface area contributed by atoms with Crippen molar-refractivity contribution < 1.29 is 9.84 Å². The van der Waals surface area contributed by atoms with Crippen molar-refractivity contribution in [2.24, 2.45) is 0 Å². The maximum Gasteiger partial charge on any atom is 0.213 e. The zero-order chi connectivity index (χ0) is 16.3. The quantitative estimate of drug-likeness (QED) is 0.665. The minimum absolute atomic E-state index is 0. The molecule has 2 aromatic carbocycles. The predicted octanol–water partition coefficient (Wildman–Crippen LogP) is 5.24. The van der Waals surface area contributed by atoms with Gasteiger partial charge in [-0.3, -0.25) is 0 Å². The summed E-state index contributed by atoms with van der Waals surface area (Å²) in [6.45, 7) is 0.691. The Labute approximate surface area is 152 Å². The van der Waals surface area contributed by atoms with Gasteiger partial charge in [0.25, 0.3) is 0 Å². The lowest BCUT2D eigenvalue weighted by Crippen LogP contribution is -1.96. The number of aromatic nitrogens is 1. The van der Waals surface area contributed by atoms with Crippen LogP contribution in [0.2, 0.25) is 0 Å². The van der Waals surface area contributed by atoms with Crippen LogP contribution in [0, 0.1) is 0 Å². The summed E-state index contributed by atoms with van der Waals surface area (Å²) in [7, 11) is 0. The smallest absolute Gasteiger partial charge is 0.213 e. The fourth-order valence-electron chi connectivity index (χ4n) is 1.76. The topological polar surface area (TPSA) is 42.4 Å². The molecule has 3 nitrogen and oxygen atoms in total. The Balaban J connectivity index is 0.000000273. The second-order valence-corrected chi connectivity index (χ2v) is 5.65. The van der Waals surface area contributed by atoms with Crippen molar-refractivity contribution in [2.75, 3.05) is 0 Å². The Morgan fingerprint density at radius 2 is 1.42 bits per heavy atom. The first-order chi connectivity index (χ1) is 11.3. The lowest BCUT2D eigenvalue weighted by molar-refractivity contribution is 0.282. The molecule has 0 amide bonds. The number of benzene rings is 2. The van der Waals surface area contributed by atoms with Gasteiger partial charge in [0, 0.05) is 16.7 Å². The molecular weight excluding hydrogens is 366 g/mol. The van der Waals surface area contributed by atoms with Gasteiger partial charge >= 0.3 is 0 Å². The minimum Gasteiger partial charge on any atom is -0.473 e. The number of aliphatic hydroxyl groups excluding tert-OH is 1. The molecule has 1 heterocycles. The van der Waals surface area contributed by atoms with Crippen LogP contribution in [-0.2, 0) is 13.2 Å². The number of nitrogens with zero attached hydrogens (tertiary/aromatic N) is 1. The normalized spacial score (nSPS) is 9.25. The number of hydrogen-bond acceptors (Lipinski definition) is 3. The maximum atomic E-state index is 8.54. The molecule has 0 atom stereocenters. The fraction of sp³-hybridized carbons (Fsp3) is 0.150. The third-order valence-electron chi connectivity index (χ3n) is 2.96. The van der Waals surface area contributed by atoms with Crippen LogP contribution in [0.3, 0.4) is 0 Å². The van der Waals surface area contributed by atoms with E-state index in [0.717, 1.165) is 15.6 Å². The first kappa shape index (κ1) is 19.9. The number of rotatable bonds is 4. The summed E-state index contributed by atoms with van der Waals surface area (Å²) in [5.74, 6) is 0.641. The summed E-state index contributed by atoms with van der Waals surface area (Å²) >= 11 is 3.32. The Morgan fingerprint density at radius 1 is 0.833 bits per heavy atom. The van der Waals surface area contributed by atoms with E-state index >= 15 is 0 Å². The molecule has 0 fully saturated rings. The van der Waals surface area contributed by atoms with Crippen molar-refractivity contribution in [1.29, 1.82) is 0 Å². The van der Waals surface area contributed by atoms with Crippen molar-refractivity contribution in [1.82, 2.24) is 4.98 Å². The average molecular weight is 388 g/mol. The highest BCUT2D eigenvalue weighted by molar-refractivity contribution is 9.10. The Kier molecular flexibility index (Phi) is 9.42. The first-order valence-corrected chi connectivity index (χ1v) is 8.00. The van der Waals surface area contributed by atoms with Crippen LogP contribution in [0.5, 0.6) is 5.88 Å². The Bertz CT molecular complexity index is 673. The van der Waals surface area contributed by atoms with Crippen molar-refractivity contribution in [3.05, 3.63) is 94.6 Å². The lowest BCUT2D eigenvalue weighted by atomic mass is 10.2. The van der Waals surface area contributed by atoms with Crippen molar-refractivity contribution >= 4 is 15.9 Å². The molecule has 0 aliphatic rings. The fourth-order valence-corrected chi connectivity index (χ4v) is 2.00. The maximum absolute atomic E-state index is 8.54. The second kappa shape index (κ2) is 11.4. The molecule has 4 heteroatoms. The third kappa shape index (κ3) is 7.40. The zero-order valence-electron chi connectivity index (χ0n) is 12.6. The van der Waals surface area contributed by atoms with Crippen LogP contribution in [0.25, 0.3) is 0 Å². The highest BCUT2D eigenvalue weighted by Gasteiger charge is 1.96. The molecule has 3 rings (SSSR count). The number of ether oxygens (including phenoxy) is 1. The molecule has 1 N–H and O–H groups in total. The van der Waals surface area contributed by atoms with E-state index in [0.29, 0.717) is 12.5 Å². The summed E-state index contributed by atoms with van der Waals surface area (Å²) in [6.07, 6.45) is 1.72. The van der Waals surface area contributed by atoms with Crippen molar-refractivity contribution in [2.45, 2.75) is 20.6 Å². The number of pyridine rings is 1. The molecule has 0 aliphatic heterocycles. The average Bonchev–Trinajstić information content (AvgIpc) is 2.63. The summed E-state index contributed by atoms with van der Waals surface area (Å²) in [5.41, 5.74) is 2.11. The second-order valence-electron chi connectivity index (χ2n) is 4.73. The molecule has 0 radical (unpaired) electrons. The number of hydrogen-bond donors (Lipinski definition) is 1. The van der Waals surface area contributed by atoms with Crippen LogP contribution in [0.4, 0.5) is 0 Å². The molecule has 0 aliphatic carbocycles. The molecule has 126 valence electrons. The van der Waals surface area contributed by atoms with Gasteiger partial charge in [-0.05, 0) is 33.1 Å². The van der Waals surface area contributed by atoms with E-state index in [1.54, 1.807) is 6.20 Å². The SMILES string of the molecule is Brc1ccc(OCc2ccccc2)nc1.C.OCc1ccccc1. The van der Waals surface area contributed by atoms with Crippen LogP contribution in [0.1, 0.15) is 18.6 Å². The third-order valence-corrected chi connectivity index (χ3v) is 3.42. The van der Waals surface area contributed by atoms with E-state index < -0.39 is 0 Å². The number of halogens is 1.